The van der Waals surface area contributed by atoms with Crippen LogP contribution in [0.5, 0.6) is 0 Å². The Morgan fingerprint density at radius 1 is 1.09 bits per heavy atom. The SMILES string of the molecule is O=C(O)CN1C(S)N/C(=C/c2cn(-c3ccccc3)nc2-c2ccc3ccccc3c2)S1=O. The zero-order valence-corrected chi connectivity index (χ0v) is 19.0. The molecular weight excluding hydrogens is 456 g/mol. The molecule has 0 saturated carbocycles. The number of nitrogens with zero attached hydrogens (tertiary/aromatic N) is 3. The number of benzene rings is 3. The first kappa shape index (κ1) is 21.4. The summed E-state index contributed by atoms with van der Waals surface area (Å²) < 4.78 is 16.0. The van der Waals surface area contributed by atoms with Crippen molar-refractivity contribution in [2.45, 2.75) is 5.50 Å². The standard InChI is InChI=1S/C24H20N4O3S2/c29-22(30)15-28-24(32)25-21(33(28)31)13-19-14-27(20-8-2-1-3-9-20)26-23(19)18-11-10-16-6-4-5-7-17(16)12-18/h1-14,24-25,32H,15H2,(H,29,30)/b21-13-. The molecule has 0 amide bonds. The minimum atomic E-state index is -1.68. The molecule has 166 valence electrons. The molecule has 33 heavy (non-hydrogen) atoms. The predicted octanol–water partition coefficient (Wildman–Crippen LogP) is 3.86. The Morgan fingerprint density at radius 2 is 1.82 bits per heavy atom. The number of fused-ring (bicyclic) bond motifs is 1. The van der Waals surface area contributed by atoms with Crippen LogP contribution in [-0.2, 0) is 15.8 Å². The van der Waals surface area contributed by atoms with Crippen molar-refractivity contribution < 1.29 is 14.1 Å². The van der Waals surface area contributed by atoms with Crippen LogP contribution in [0.25, 0.3) is 33.8 Å². The van der Waals surface area contributed by atoms with Gasteiger partial charge in [-0.3, -0.25) is 4.79 Å². The molecule has 0 bridgehead atoms. The molecule has 1 aromatic heterocycles. The van der Waals surface area contributed by atoms with E-state index in [1.807, 2.05) is 66.9 Å². The summed E-state index contributed by atoms with van der Waals surface area (Å²) >= 11 is 4.34. The van der Waals surface area contributed by atoms with Gasteiger partial charge < -0.3 is 10.4 Å². The molecule has 1 aliphatic heterocycles. The highest BCUT2D eigenvalue weighted by atomic mass is 32.2. The molecule has 1 fully saturated rings. The smallest absolute Gasteiger partial charge is 0.318 e. The van der Waals surface area contributed by atoms with Crippen LogP contribution in [0.2, 0.25) is 0 Å². The van der Waals surface area contributed by atoms with Gasteiger partial charge in [0.15, 0.2) is 0 Å². The summed E-state index contributed by atoms with van der Waals surface area (Å²) in [4.78, 5) is 11.1. The third kappa shape index (κ3) is 4.30. The summed E-state index contributed by atoms with van der Waals surface area (Å²) in [6, 6.07) is 24.0. The quantitative estimate of drug-likeness (QED) is 0.381. The van der Waals surface area contributed by atoms with Gasteiger partial charge in [-0.2, -0.15) is 9.40 Å². The molecule has 2 N–H and O–H groups in total. The van der Waals surface area contributed by atoms with Crippen molar-refractivity contribution in [1.82, 2.24) is 19.4 Å². The Balaban J connectivity index is 1.61. The molecule has 4 aromatic rings. The molecule has 0 spiro atoms. The first-order chi connectivity index (χ1) is 16.0. The van der Waals surface area contributed by atoms with Crippen LogP contribution in [0.1, 0.15) is 5.56 Å². The summed E-state index contributed by atoms with van der Waals surface area (Å²) in [5.41, 5.74) is 2.63. The van der Waals surface area contributed by atoms with Crippen LogP contribution in [0.15, 0.2) is 84.0 Å². The summed E-state index contributed by atoms with van der Waals surface area (Å²) in [5.74, 6) is -1.07. The van der Waals surface area contributed by atoms with Gasteiger partial charge in [-0.1, -0.05) is 54.6 Å². The molecule has 2 heterocycles. The average Bonchev–Trinajstić information content (AvgIpc) is 3.36. The number of para-hydroxylation sites is 1. The topological polar surface area (TPSA) is 87.5 Å². The predicted molar refractivity (Wildman–Crippen MR) is 133 cm³/mol. The van der Waals surface area contributed by atoms with Gasteiger partial charge in [0.1, 0.15) is 33.8 Å². The van der Waals surface area contributed by atoms with Gasteiger partial charge in [0, 0.05) is 17.3 Å². The van der Waals surface area contributed by atoms with E-state index in [2.05, 4.69) is 30.1 Å². The summed E-state index contributed by atoms with van der Waals surface area (Å²) in [6.07, 6.45) is 3.62. The van der Waals surface area contributed by atoms with Crippen molar-refractivity contribution in [2.75, 3.05) is 6.54 Å². The molecule has 1 saturated heterocycles. The van der Waals surface area contributed by atoms with Gasteiger partial charge in [0.05, 0.1) is 5.69 Å². The van der Waals surface area contributed by atoms with Crippen molar-refractivity contribution in [2.24, 2.45) is 0 Å². The Kier molecular flexibility index (Phi) is 5.76. The Bertz CT molecular complexity index is 1400. The monoisotopic (exact) mass is 476 g/mol. The fourth-order valence-electron chi connectivity index (χ4n) is 3.75. The highest BCUT2D eigenvalue weighted by Gasteiger charge is 2.34. The number of thiol groups is 1. The number of nitrogens with one attached hydrogen (secondary N) is 1. The molecular formula is C24H20N4O3S2. The van der Waals surface area contributed by atoms with Crippen LogP contribution in [0.4, 0.5) is 0 Å². The van der Waals surface area contributed by atoms with E-state index in [9.17, 15) is 9.00 Å². The maximum absolute atomic E-state index is 12.9. The van der Waals surface area contributed by atoms with Crippen LogP contribution in [0, 0.1) is 0 Å². The second-order valence-corrected chi connectivity index (χ2v) is 9.42. The van der Waals surface area contributed by atoms with E-state index in [0.717, 1.165) is 33.3 Å². The molecule has 0 aliphatic carbocycles. The lowest BCUT2D eigenvalue weighted by atomic mass is 10.0. The zero-order valence-electron chi connectivity index (χ0n) is 17.3. The second kappa shape index (κ2) is 8.86. The van der Waals surface area contributed by atoms with E-state index in [1.165, 1.54) is 4.31 Å². The van der Waals surface area contributed by atoms with E-state index < -0.39 is 22.5 Å². The second-order valence-electron chi connectivity index (χ2n) is 7.52. The van der Waals surface area contributed by atoms with Crippen LogP contribution < -0.4 is 5.32 Å². The molecule has 2 unspecified atom stereocenters. The van der Waals surface area contributed by atoms with Gasteiger partial charge >= 0.3 is 5.97 Å². The van der Waals surface area contributed by atoms with Crippen molar-refractivity contribution in [3.63, 3.8) is 0 Å². The zero-order chi connectivity index (χ0) is 22.9. The minimum Gasteiger partial charge on any atom is -0.480 e. The lowest BCUT2D eigenvalue weighted by molar-refractivity contribution is -0.137. The van der Waals surface area contributed by atoms with Gasteiger partial charge in [0.2, 0.25) is 0 Å². The maximum atomic E-state index is 12.9. The highest BCUT2D eigenvalue weighted by Crippen LogP contribution is 2.30. The molecule has 0 radical (unpaired) electrons. The van der Waals surface area contributed by atoms with Gasteiger partial charge in [-0.25, -0.2) is 8.89 Å². The minimum absolute atomic E-state index is 0.380. The maximum Gasteiger partial charge on any atom is 0.318 e. The fraction of sp³-hybridized carbons (Fsp3) is 0.0833. The first-order valence-electron chi connectivity index (χ1n) is 10.2. The number of hydrogen-bond donors (Lipinski definition) is 3. The van der Waals surface area contributed by atoms with E-state index >= 15 is 0 Å². The molecule has 5 rings (SSSR count). The average molecular weight is 477 g/mol. The van der Waals surface area contributed by atoms with Crippen molar-refractivity contribution in [3.05, 3.63) is 89.6 Å². The first-order valence-corrected chi connectivity index (χ1v) is 11.8. The lowest BCUT2D eigenvalue weighted by Gasteiger charge is -2.13. The van der Waals surface area contributed by atoms with E-state index in [4.69, 9.17) is 10.2 Å². The summed E-state index contributed by atoms with van der Waals surface area (Å²) in [7, 11) is -1.68. The van der Waals surface area contributed by atoms with Crippen molar-refractivity contribution in [1.29, 1.82) is 0 Å². The van der Waals surface area contributed by atoms with Gasteiger partial charge in [-0.15, -0.1) is 12.6 Å². The number of carboxylic acid groups (broad SMARTS) is 1. The lowest BCUT2D eigenvalue weighted by Crippen LogP contribution is -2.34. The van der Waals surface area contributed by atoms with E-state index in [0.29, 0.717) is 5.03 Å². The van der Waals surface area contributed by atoms with E-state index in [-0.39, 0.29) is 6.54 Å². The molecule has 1 aliphatic rings. The number of aromatic nitrogens is 2. The summed E-state index contributed by atoms with van der Waals surface area (Å²) in [6.45, 7) is -0.383. The Labute approximate surface area is 198 Å². The van der Waals surface area contributed by atoms with Gasteiger partial charge in [-0.05, 0) is 35.0 Å². The Morgan fingerprint density at radius 3 is 2.58 bits per heavy atom. The van der Waals surface area contributed by atoms with Crippen molar-refractivity contribution >= 4 is 46.4 Å². The van der Waals surface area contributed by atoms with E-state index in [1.54, 1.807) is 10.8 Å². The number of carboxylic acids is 1. The van der Waals surface area contributed by atoms with Crippen LogP contribution in [0.3, 0.4) is 0 Å². The Hall–Kier alpha value is -3.40. The van der Waals surface area contributed by atoms with Gasteiger partial charge in [0.25, 0.3) is 0 Å². The molecule has 9 heteroatoms. The number of hydrogen-bond acceptors (Lipinski definition) is 5. The molecule has 2 atom stereocenters. The largest absolute Gasteiger partial charge is 0.480 e. The third-order valence-corrected chi connectivity index (χ3v) is 7.25. The van der Waals surface area contributed by atoms with Crippen LogP contribution in [-0.4, -0.2) is 41.4 Å². The van der Waals surface area contributed by atoms with Crippen molar-refractivity contribution in [3.8, 4) is 16.9 Å². The van der Waals surface area contributed by atoms with Crippen LogP contribution >= 0.6 is 12.6 Å². The number of aliphatic carboxylic acids is 1. The number of carbonyl (C=O) groups is 1. The summed E-state index contributed by atoms with van der Waals surface area (Å²) in [5, 5.41) is 19.6. The highest BCUT2D eigenvalue weighted by molar-refractivity contribution is 7.89. The third-order valence-electron chi connectivity index (χ3n) is 5.31. The normalized spacial score (nSPS) is 19.7. The molecule has 7 nitrogen and oxygen atoms in total. The number of rotatable bonds is 5. The fourth-order valence-corrected chi connectivity index (χ4v) is 5.46. The molecule has 3 aromatic carbocycles.